The highest BCUT2D eigenvalue weighted by atomic mass is 16.3. The maximum Gasteiger partial charge on any atom is 0.164 e. The van der Waals surface area contributed by atoms with E-state index in [1.165, 1.54) is 21.5 Å². The molecule has 0 aliphatic carbocycles. The van der Waals surface area contributed by atoms with Gasteiger partial charge in [-0.05, 0) is 96.7 Å². The van der Waals surface area contributed by atoms with Crippen molar-refractivity contribution in [1.82, 2.24) is 15.0 Å². The van der Waals surface area contributed by atoms with Crippen molar-refractivity contribution in [2.45, 2.75) is 0 Å². The molecule has 0 saturated carbocycles. The lowest BCUT2D eigenvalue weighted by molar-refractivity contribution is 0.668. The topological polar surface area (TPSA) is 65.0 Å². The highest BCUT2D eigenvalue weighted by Crippen LogP contribution is 2.41. The molecule has 0 atom stereocenters. The third-order valence-corrected chi connectivity index (χ3v) is 12.1. The van der Waals surface area contributed by atoms with Gasteiger partial charge in [0.25, 0.3) is 0 Å². The van der Waals surface area contributed by atoms with Crippen LogP contribution < -0.4 is 0 Å². The molecule has 10 aromatic carbocycles. The number of rotatable bonds is 4. The van der Waals surface area contributed by atoms with E-state index >= 15 is 0 Å². The quantitative estimate of drug-likeness (QED) is 0.167. The molecule has 0 fully saturated rings. The minimum Gasteiger partial charge on any atom is -0.456 e. The summed E-state index contributed by atoms with van der Waals surface area (Å²) in [7, 11) is 0. The van der Waals surface area contributed by atoms with Gasteiger partial charge in [0.15, 0.2) is 17.5 Å². The van der Waals surface area contributed by atoms with Gasteiger partial charge in [0.1, 0.15) is 22.3 Å². The van der Waals surface area contributed by atoms with Gasteiger partial charge in [-0.1, -0.05) is 146 Å². The fourth-order valence-corrected chi connectivity index (χ4v) is 9.31. The normalized spacial score (nSPS) is 12.0. The van der Waals surface area contributed by atoms with Gasteiger partial charge in [-0.2, -0.15) is 0 Å². The highest BCUT2D eigenvalue weighted by Gasteiger charge is 2.20. The summed E-state index contributed by atoms with van der Waals surface area (Å²) >= 11 is 0. The Morgan fingerprint density at radius 2 is 0.817 bits per heavy atom. The molecule has 0 radical (unpaired) electrons. The Balaban J connectivity index is 1.03. The fraction of sp³-hybridized carbons (Fsp3) is 0. The average Bonchev–Trinajstić information content (AvgIpc) is 3.90. The Kier molecular flexibility index (Phi) is 6.95. The number of hydrogen-bond donors (Lipinski definition) is 0. The zero-order chi connectivity index (χ0) is 39.3. The molecule has 278 valence electrons. The Morgan fingerprint density at radius 1 is 0.267 bits per heavy atom. The van der Waals surface area contributed by atoms with Crippen LogP contribution in [0, 0.1) is 0 Å². The first-order chi connectivity index (χ1) is 29.7. The molecule has 0 saturated heterocycles. The van der Waals surface area contributed by atoms with Crippen molar-refractivity contribution in [3.63, 3.8) is 0 Å². The summed E-state index contributed by atoms with van der Waals surface area (Å²) in [4.78, 5) is 15.9. The van der Waals surface area contributed by atoms with E-state index in [1.54, 1.807) is 0 Å². The molecule has 13 aromatic rings. The van der Waals surface area contributed by atoms with Crippen LogP contribution in [-0.4, -0.2) is 15.0 Å². The molecular formula is C55H31N3O2. The predicted molar refractivity (Wildman–Crippen MR) is 246 cm³/mol. The van der Waals surface area contributed by atoms with Crippen molar-refractivity contribution in [2.75, 3.05) is 0 Å². The van der Waals surface area contributed by atoms with Gasteiger partial charge in [0.05, 0.1) is 0 Å². The predicted octanol–water partition coefficient (Wildman–Crippen LogP) is 15.0. The van der Waals surface area contributed by atoms with E-state index in [4.69, 9.17) is 23.8 Å². The number of furan rings is 2. The van der Waals surface area contributed by atoms with E-state index in [2.05, 4.69) is 146 Å². The summed E-state index contributed by atoms with van der Waals surface area (Å²) in [5.41, 5.74) is 8.44. The molecule has 0 aliphatic heterocycles. The van der Waals surface area contributed by atoms with E-state index in [1.807, 2.05) is 42.5 Å². The molecular weight excluding hydrogens is 735 g/mol. The minimum atomic E-state index is 0.589. The van der Waals surface area contributed by atoms with Crippen LogP contribution in [0.1, 0.15) is 0 Å². The molecule has 60 heavy (non-hydrogen) atoms. The van der Waals surface area contributed by atoms with Gasteiger partial charge in [-0.15, -0.1) is 0 Å². The molecule has 13 rings (SSSR count). The van der Waals surface area contributed by atoms with Crippen molar-refractivity contribution in [2.24, 2.45) is 0 Å². The second kappa shape index (κ2) is 12.7. The van der Waals surface area contributed by atoms with Crippen LogP contribution in [0.2, 0.25) is 0 Å². The summed E-state index contributed by atoms with van der Waals surface area (Å²) in [6.45, 7) is 0. The molecule has 0 aliphatic rings. The lowest BCUT2D eigenvalue weighted by Gasteiger charge is -2.14. The molecule has 5 heteroatoms. The highest BCUT2D eigenvalue weighted by molar-refractivity contribution is 6.19. The second-order valence-corrected chi connectivity index (χ2v) is 15.5. The van der Waals surface area contributed by atoms with Gasteiger partial charge < -0.3 is 8.83 Å². The van der Waals surface area contributed by atoms with Crippen molar-refractivity contribution in [1.29, 1.82) is 0 Å². The third-order valence-electron chi connectivity index (χ3n) is 12.1. The number of aromatic nitrogens is 3. The van der Waals surface area contributed by atoms with Crippen LogP contribution >= 0.6 is 0 Å². The SMILES string of the molecule is c1ccc2c(c1)ccc1ccc(-c3nc(-c4ccc(-c5ccc6c(ccc7oc8ccccc8c76)c5)c5ccccc45)nc(-c4cccc5oc6ccccc6c45)n3)cc12. The van der Waals surface area contributed by atoms with Gasteiger partial charge in [-0.3, -0.25) is 0 Å². The summed E-state index contributed by atoms with van der Waals surface area (Å²) < 4.78 is 12.5. The number of benzene rings is 10. The van der Waals surface area contributed by atoms with Crippen LogP contribution in [0.15, 0.2) is 197 Å². The lowest BCUT2D eigenvalue weighted by atomic mass is 9.92. The molecule has 5 nitrogen and oxygen atoms in total. The summed E-state index contributed by atoms with van der Waals surface area (Å²) in [5.74, 6) is 1.80. The molecule has 0 spiro atoms. The first-order valence-electron chi connectivity index (χ1n) is 20.2. The van der Waals surface area contributed by atoms with Crippen LogP contribution in [0.25, 0.3) is 132 Å². The van der Waals surface area contributed by atoms with E-state index < -0.39 is 0 Å². The van der Waals surface area contributed by atoms with Gasteiger partial charge >= 0.3 is 0 Å². The standard InChI is InChI=1S/C55H31N3O2/c1-2-11-37-32(10-1)20-21-33-22-23-36(31-46(33)37)53-56-54(58-55(57-53)45-16-9-19-49-52(45)44-15-6-8-18-48(44)59-49)42-28-27-38(40-12-3-4-13-41(40)42)34-24-26-39-35(30-34)25-29-50-51(39)43-14-5-7-17-47(43)60-50/h1-31H. The summed E-state index contributed by atoms with van der Waals surface area (Å²) in [6, 6.07) is 65.8. The Hall–Kier alpha value is -8.15. The Bertz CT molecular complexity index is 3910. The maximum atomic E-state index is 6.33. The maximum absolute atomic E-state index is 6.33. The zero-order valence-electron chi connectivity index (χ0n) is 32.1. The molecule has 3 heterocycles. The number of hydrogen-bond acceptors (Lipinski definition) is 5. The minimum absolute atomic E-state index is 0.589. The van der Waals surface area contributed by atoms with Crippen molar-refractivity contribution >= 4 is 87.0 Å². The third kappa shape index (κ3) is 4.96. The van der Waals surface area contributed by atoms with Crippen LogP contribution in [0.4, 0.5) is 0 Å². The fourth-order valence-electron chi connectivity index (χ4n) is 9.31. The smallest absolute Gasteiger partial charge is 0.164 e. The van der Waals surface area contributed by atoms with Gasteiger partial charge in [0, 0.05) is 38.2 Å². The van der Waals surface area contributed by atoms with Crippen LogP contribution in [-0.2, 0) is 0 Å². The lowest BCUT2D eigenvalue weighted by Crippen LogP contribution is -2.01. The number of para-hydroxylation sites is 2. The van der Waals surface area contributed by atoms with Gasteiger partial charge in [0.2, 0.25) is 0 Å². The van der Waals surface area contributed by atoms with Crippen molar-refractivity contribution in [3.8, 4) is 45.3 Å². The van der Waals surface area contributed by atoms with Crippen LogP contribution in [0.5, 0.6) is 0 Å². The molecule has 0 N–H and O–H groups in total. The van der Waals surface area contributed by atoms with Crippen molar-refractivity contribution in [3.05, 3.63) is 188 Å². The Labute approximate surface area is 342 Å². The van der Waals surface area contributed by atoms with E-state index in [0.717, 1.165) is 93.2 Å². The molecule has 3 aromatic heterocycles. The summed E-state index contributed by atoms with van der Waals surface area (Å²) in [6.07, 6.45) is 0. The Morgan fingerprint density at radius 3 is 1.62 bits per heavy atom. The average molecular weight is 766 g/mol. The number of fused-ring (bicyclic) bond motifs is 12. The van der Waals surface area contributed by atoms with E-state index in [-0.39, 0.29) is 0 Å². The van der Waals surface area contributed by atoms with E-state index in [9.17, 15) is 0 Å². The van der Waals surface area contributed by atoms with Gasteiger partial charge in [-0.25, -0.2) is 15.0 Å². The van der Waals surface area contributed by atoms with E-state index in [0.29, 0.717) is 17.5 Å². The van der Waals surface area contributed by atoms with Crippen LogP contribution in [0.3, 0.4) is 0 Å². The second-order valence-electron chi connectivity index (χ2n) is 15.5. The first-order valence-corrected chi connectivity index (χ1v) is 20.2. The molecule has 0 unspecified atom stereocenters. The molecule has 0 amide bonds. The number of nitrogens with zero attached hydrogens (tertiary/aromatic N) is 3. The van der Waals surface area contributed by atoms with Crippen molar-refractivity contribution < 1.29 is 8.83 Å². The monoisotopic (exact) mass is 765 g/mol. The zero-order valence-corrected chi connectivity index (χ0v) is 32.1. The largest absolute Gasteiger partial charge is 0.456 e. The first kappa shape index (κ1) is 32.9. The molecule has 0 bridgehead atoms. The summed E-state index contributed by atoms with van der Waals surface area (Å²) in [5, 5.41) is 13.5.